The molecule has 0 aliphatic rings. The van der Waals surface area contributed by atoms with Crippen LogP contribution in [0.5, 0.6) is 5.88 Å². The van der Waals surface area contributed by atoms with Crippen LogP contribution in [-0.2, 0) is 0 Å². The van der Waals surface area contributed by atoms with Crippen LogP contribution in [0.3, 0.4) is 0 Å². The van der Waals surface area contributed by atoms with Gasteiger partial charge in [-0.3, -0.25) is 0 Å². The maximum absolute atomic E-state index is 13.9. The van der Waals surface area contributed by atoms with Crippen molar-refractivity contribution in [3.8, 4) is 17.0 Å². The third-order valence-corrected chi connectivity index (χ3v) is 2.39. The summed E-state index contributed by atoms with van der Waals surface area (Å²) < 4.78 is 31.9. The van der Waals surface area contributed by atoms with Crippen molar-refractivity contribution in [2.45, 2.75) is 0 Å². The number of aromatic nitrogens is 1. The molecule has 5 heteroatoms. The number of anilines is 1. The predicted molar refractivity (Wildman–Crippen MR) is 60.6 cm³/mol. The molecule has 0 spiro atoms. The highest BCUT2D eigenvalue weighted by atomic mass is 19.1. The normalized spacial score (nSPS) is 10.3. The molecule has 1 aromatic carbocycles. The van der Waals surface area contributed by atoms with Crippen LogP contribution in [0, 0.1) is 11.6 Å². The van der Waals surface area contributed by atoms with Gasteiger partial charge in [-0.2, -0.15) is 0 Å². The summed E-state index contributed by atoms with van der Waals surface area (Å²) in [4.78, 5) is 3.70. The van der Waals surface area contributed by atoms with Gasteiger partial charge in [0.25, 0.3) is 5.88 Å². The number of nitrogen functional groups attached to an aromatic ring is 1. The van der Waals surface area contributed by atoms with E-state index >= 15 is 0 Å². The van der Waals surface area contributed by atoms with Crippen molar-refractivity contribution in [2.24, 2.45) is 0 Å². The van der Waals surface area contributed by atoms with Crippen LogP contribution >= 0.6 is 0 Å². The van der Waals surface area contributed by atoms with Gasteiger partial charge in [0.15, 0.2) is 5.82 Å². The lowest BCUT2D eigenvalue weighted by Gasteiger charge is -2.09. The molecule has 3 nitrogen and oxygen atoms in total. The highest BCUT2D eigenvalue weighted by Crippen LogP contribution is 2.32. The Morgan fingerprint density at radius 2 is 1.94 bits per heavy atom. The molecule has 0 aliphatic carbocycles. The molecule has 0 saturated carbocycles. The Kier molecular flexibility index (Phi) is 2.91. The van der Waals surface area contributed by atoms with Gasteiger partial charge >= 0.3 is 0 Å². The highest BCUT2D eigenvalue weighted by molar-refractivity contribution is 5.77. The molecule has 1 aromatic heterocycles. The van der Waals surface area contributed by atoms with Gasteiger partial charge in [-0.1, -0.05) is 12.1 Å². The lowest BCUT2D eigenvalue weighted by molar-refractivity contribution is 0.370. The molecule has 0 amide bonds. The SMILES string of the molecule is COc1nccc(-c2cccc(F)c2N)c1F. The molecule has 0 aliphatic heterocycles. The largest absolute Gasteiger partial charge is 0.479 e. The molecular formula is C12H10F2N2O. The number of nitrogens with two attached hydrogens (primary N) is 1. The summed E-state index contributed by atoms with van der Waals surface area (Å²) in [5.41, 5.74) is 5.92. The summed E-state index contributed by atoms with van der Waals surface area (Å²) in [6, 6.07) is 5.64. The second kappa shape index (κ2) is 4.37. The van der Waals surface area contributed by atoms with Gasteiger partial charge in [0.2, 0.25) is 0 Å². The number of hydrogen-bond acceptors (Lipinski definition) is 3. The lowest BCUT2D eigenvalue weighted by atomic mass is 10.0. The zero-order valence-corrected chi connectivity index (χ0v) is 9.08. The average molecular weight is 236 g/mol. The fourth-order valence-corrected chi connectivity index (χ4v) is 1.55. The van der Waals surface area contributed by atoms with Crippen molar-refractivity contribution in [1.29, 1.82) is 0 Å². The quantitative estimate of drug-likeness (QED) is 0.815. The van der Waals surface area contributed by atoms with E-state index in [0.29, 0.717) is 0 Å². The fourth-order valence-electron chi connectivity index (χ4n) is 1.55. The standard InChI is InChI=1S/C12H10F2N2O/c1-17-12-10(14)7(5-6-16-12)8-3-2-4-9(13)11(8)15/h2-6H,15H2,1H3. The summed E-state index contributed by atoms with van der Waals surface area (Å²) in [5, 5.41) is 0. The van der Waals surface area contributed by atoms with Crippen LogP contribution in [0.2, 0.25) is 0 Å². The Bertz CT molecular complexity index is 558. The minimum absolute atomic E-state index is 0.0975. The second-order valence-electron chi connectivity index (χ2n) is 3.38. The molecule has 1 heterocycles. The van der Waals surface area contributed by atoms with E-state index in [1.807, 2.05) is 0 Å². The number of halogens is 2. The van der Waals surface area contributed by atoms with Crippen molar-refractivity contribution >= 4 is 5.69 Å². The van der Waals surface area contributed by atoms with Crippen LogP contribution in [0.15, 0.2) is 30.5 Å². The first-order valence-corrected chi connectivity index (χ1v) is 4.88. The number of rotatable bonds is 2. The van der Waals surface area contributed by atoms with Crippen LogP contribution in [0.25, 0.3) is 11.1 Å². The molecule has 2 rings (SSSR count). The van der Waals surface area contributed by atoms with Gasteiger partial charge in [-0.15, -0.1) is 0 Å². The maximum atomic E-state index is 13.9. The highest BCUT2D eigenvalue weighted by Gasteiger charge is 2.15. The summed E-state index contributed by atoms with van der Waals surface area (Å²) in [6.07, 6.45) is 1.38. The van der Waals surface area contributed by atoms with E-state index in [-0.39, 0.29) is 22.7 Å². The molecule has 0 unspecified atom stereocenters. The number of para-hydroxylation sites is 1. The first-order valence-electron chi connectivity index (χ1n) is 4.88. The molecule has 0 radical (unpaired) electrons. The number of ether oxygens (including phenoxy) is 1. The molecule has 17 heavy (non-hydrogen) atoms. The minimum atomic E-state index is -0.660. The molecule has 0 fully saturated rings. The van der Waals surface area contributed by atoms with Crippen molar-refractivity contribution in [3.05, 3.63) is 42.1 Å². The maximum Gasteiger partial charge on any atom is 0.250 e. The van der Waals surface area contributed by atoms with E-state index in [1.165, 1.54) is 37.6 Å². The number of nitrogens with zero attached hydrogens (tertiary/aromatic N) is 1. The van der Waals surface area contributed by atoms with Crippen molar-refractivity contribution in [3.63, 3.8) is 0 Å². The first kappa shape index (κ1) is 11.3. The third-order valence-electron chi connectivity index (χ3n) is 2.39. The molecule has 2 aromatic rings. The predicted octanol–water partition coefficient (Wildman–Crippen LogP) is 2.62. The summed E-state index contributed by atoms with van der Waals surface area (Å²) >= 11 is 0. The number of hydrogen-bond donors (Lipinski definition) is 1. The summed E-state index contributed by atoms with van der Waals surface area (Å²) in [5.74, 6) is -1.39. The Balaban J connectivity index is 2.65. The van der Waals surface area contributed by atoms with Gasteiger partial charge in [0.1, 0.15) is 5.82 Å². The molecule has 2 N–H and O–H groups in total. The van der Waals surface area contributed by atoms with Crippen molar-refractivity contribution in [2.75, 3.05) is 12.8 Å². The molecule has 0 atom stereocenters. The Labute approximate surface area is 96.9 Å². The van der Waals surface area contributed by atoms with E-state index < -0.39 is 11.6 Å². The lowest BCUT2D eigenvalue weighted by Crippen LogP contribution is -1.98. The van der Waals surface area contributed by atoms with Crippen molar-refractivity contribution in [1.82, 2.24) is 4.98 Å². The number of methoxy groups -OCH3 is 1. The minimum Gasteiger partial charge on any atom is -0.479 e. The Morgan fingerprint density at radius 1 is 1.18 bits per heavy atom. The van der Waals surface area contributed by atoms with Crippen molar-refractivity contribution < 1.29 is 13.5 Å². The average Bonchev–Trinajstić information content (AvgIpc) is 2.33. The molecular weight excluding hydrogens is 226 g/mol. The van der Waals surface area contributed by atoms with Gasteiger partial charge < -0.3 is 10.5 Å². The van der Waals surface area contributed by atoms with Crippen LogP contribution in [0.1, 0.15) is 0 Å². The zero-order chi connectivity index (χ0) is 12.4. The zero-order valence-electron chi connectivity index (χ0n) is 9.08. The second-order valence-corrected chi connectivity index (χ2v) is 3.38. The van der Waals surface area contributed by atoms with E-state index in [0.717, 1.165) is 0 Å². The fraction of sp³-hybridized carbons (Fsp3) is 0.0833. The smallest absolute Gasteiger partial charge is 0.250 e. The van der Waals surface area contributed by atoms with Gasteiger partial charge in [0.05, 0.1) is 12.8 Å². The number of benzene rings is 1. The van der Waals surface area contributed by atoms with E-state index in [9.17, 15) is 8.78 Å². The Hall–Kier alpha value is -2.17. The van der Waals surface area contributed by atoms with E-state index in [4.69, 9.17) is 10.5 Å². The Morgan fingerprint density at radius 3 is 2.65 bits per heavy atom. The van der Waals surface area contributed by atoms with E-state index in [1.54, 1.807) is 0 Å². The molecule has 88 valence electrons. The third kappa shape index (κ3) is 1.91. The topological polar surface area (TPSA) is 48.1 Å². The van der Waals surface area contributed by atoms with Gasteiger partial charge in [-0.25, -0.2) is 13.8 Å². The first-order chi connectivity index (χ1) is 8.15. The van der Waals surface area contributed by atoms with Crippen LogP contribution in [0.4, 0.5) is 14.5 Å². The van der Waals surface area contributed by atoms with Gasteiger partial charge in [-0.05, 0) is 12.1 Å². The van der Waals surface area contributed by atoms with Crippen LogP contribution in [-0.4, -0.2) is 12.1 Å². The summed E-state index contributed by atoms with van der Waals surface area (Å²) in [6.45, 7) is 0. The van der Waals surface area contributed by atoms with Crippen LogP contribution < -0.4 is 10.5 Å². The molecule has 0 saturated heterocycles. The molecule has 0 bridgehead atoms. The monoisotopic (exact) mass is 236 g/mol. The number of pyridine rings is 1. The van der Waals surface area contributed by atoms with E-state index in [2.05, 4.69) is 4.98 Å². The van der Waals surface area contributed by atoms with Gasteiger partial charge in [0, 0.05) is 17.3 Å². The summed E-state index contributed by atoms with van der Waals surface area (Å²) in [7, 11) is 1.31.